The van der Waals surface area contributed by atoms with E-state index in [-0.39, 0.29) is 38.2 Å². The van der Waals surface area contributed by atoms with Gasteiger partial charge in [0.2, 0.25) is 0 Å². The first-order valence-electron chi connectivity index (χ1n) is 42.5. The van der Waals surface area contributed by atoms with E-state index in [4.69, 9.17) is 18.9 Å². The van der Waals surface area contributed by atoms with Gasteiger partial charge in [-0.05, 0) is 44.9 Å². The summed E-state index contributed by atoms with van der Waals surface area (Å²) >= 11 is 0. The number of allylic oxidation sites excluding steroid dienone is 4. The molecule has 0 aliphatic carbocycles. The van der Waals surface area contributed by atoms with Crippen LogP contribution < -0.4 is 0 Å². The highest BCUT2D eigenvalue weighted by atomic mass is 16.7. The fourth-order valence-electron chi connectivity index (χ4n) is 13.2. The molecule has 0 aromatic rings. The summed E-state index contributed by atoms with van der Waals surface area (Å²) in [6.45, 7) is 4.96. The fourth-order valence-corrected chi connectivity index (χ4v) is 13.2. The number of ether oxygens (including phenoxy) is 4. The summed E-state index contributed by atoms with van der Waals surface area (Å²) in [6, 6.07) is 0. The molecule has 0 bridgehead atoms. The van der Waals surface area contributed by atoms with Gasteiger partial charge in [0.1, 0.15) is 13.2 Å². The van der Waals surface area contributed by atoms with Crippen LogP contribution in [-0.2, 0) is 33.3 Å². The Balaban J connectivity index is 3.91. The number of carboxylic acid groups (broad SMARTS) is 1. The second-order valence-corrected chi connectivity index (χ2v) is 30.5. The SMILES string of the molecule is CCCCCCC/C=C\C/C=C\CCCCCCCCCCCCCCCCCCCCCC(=O)OC(COC(=O)CCCCCCCCCCCCCCCCCCCCCCCCCCCCCCCCCCCCCCCCC)COC(OCC[N+](C)(C)C)C(=O)O. The van der Waals surface area contributed by atoms with Crippen molar-refractivity contribution < 1.29 is 42.9 Å². The molecule has 1 N–H and O–H groups in total. The van der Waals surface area contributed by atoms with Gasteiger partial charge >= 0.3 is 17.9 Å². The van der Waals surface area contributed by atoms with Crippen molar-refractivity contribution in [3.63, 3.8) is 0 Å². The number of likely N-dealkylation sites (N-methyl/N-ethyl adjacent to an activating group) is 1. The van der Waals surface area contributed by atoms with Gasteiger partial charge < -0.3 is 28.5 Å². The van der Waals surface area contributed by atoms with Crippen LogP contribution in [0.5, 0.6) is 0 Å². The van der Waals surface area contributed by atoms with Gasteiger partial charge in [-0.1, -0.05) is 417 Å². The second-order valence-electron chi connectivity index (χ2n) is 30.5. The molecule has 0 aliphatic heterocycles. The molecule has 562 valence electrons. The number of aliphatic carboxylic acids is 1. The van der Waals surface area contributed by atoms with Crippen molar-refractivity contribution in [2.45, 2.75) is 463 Å². The zero-order valence-electron chi connectivity index (χ0n) is 64.6. The Morgan fingerprint density at radius 2 is 0.568 bits per heavy atom. The summed E-state index contributed by atoms with van der Waals surface area (Å²) in [5.41, 5.74) is 0. The lowest BCUT2D eigenvalue weighted by Gasteiger charge is -2.25. The number of carboxylic acids is 1. The molecule has 0 amide bonds. The minimum absolute atomic E-state index is 0.174. The number of carbonyl (C=O) groups is 3. The third kappa shape index (κ3) is 79.0. The third-order valence-electron chi connectivity index (χ3n) is 19.7. The first-order chi connectivity index (χ1) is 46.6. The fraction of sp³-hybridized carbons (Fsp3) is 0.919. The molecule has 0 spiro atoms. The Morgan fingerprint density at radius 1 is 0.316 bits per heavy atom. The van der Waals surface area contributed by atoms with E-state index >= 15 is 0 Å². The molecule has 95 heavy (non-hydrogen) atoms. The van der Waals surface area contributed by atoms with E-state index in [2.05, 4.69) is 38.2 Å². The van der Waals surface area contributed by atoms with E-state index in [1.807, 2.05) is 21.1 Å². The lowest BCUT2D eigenvalue weighted by molar-refractivity contribution is -0.870. The maximum absolute atomic E-state index is 13.0. The van der Waals surface area contributed by atoms with E-state index in [1.54, 1.807) is 0 Å². The molecule has 9 nitrogen and oxygen atoms in total. The van der Waals surface area contributed by atoms with Gasteiger partial charge in [0.25, 0.3) is 6.29 Å². The molecule has 2 unspecified atom stereocenters. The topological polar surface area (TPSA) is 108 Å². The average Bonchev–Trinajstić information content (AvgIpc) is 3.24. The van der Waals surface area contributed by atoms with Crippen LogP contribution in [0.4, 0.5) is 0 Å². The molecule has 0 rings (SSSR count). The molecule has 9 heteroatoms. The molecule has 0 heterocycles. The van der Waals surface area contributed by atoms with Crippen LogP contribution in [0.2, 0.25) is 0 Å². The van der Waals surface area contributed by atoms with Crippen LogP contribution >= 0.6 is 0 Å². The predicted octanol–water partition coefficient (Wildman–Crippen LogP) is 27.3. The molecule has 0 fully saturated rings. The predicted molar refractivity (Wildman–Crippen MR) is 411 cm³/mol. The van der Waals surface area contributed by atoms with E-state index in [9.17, 15) is 19.5 Å². The van der Waals surface area contributed by atoms with E-state index < -0.39 is 18.4 Å². The minimum Gasteiger partial charge on any atom is -0.477 e. The zero-order valence-corrected chi connectivity index (χ0v) is 64.6. The lowest BCUT2D eigenvalue weighted by Crippen LogP contribution is -2.40. The lowest BCUT2D eigenvalue weighted by atomic mass is 10.0. The second kappa shape index (κ2) is 77.5. The Hall–Kier alpha value is -2.23. The summed E-state index contributed by atoms with van der Waals surface area (Å²) in [5.74, 6) is -1.97. The number of quaternary nitrogens is 1. The highest BCUT2D eigenvalue weighted by Gasteiger charge is 2.25. The van der Waals surface area contributed by atoms with Crippen LogP contribution in [0.15, 0.2) is 24.3 Å². The van der Waals surface area contributed by atoms with Crippen molar-refractivity contribution >= 4 is 17.9 Å². The van der Waals surface area contributed by atoms with Gasteiger partial charge in [-0.15, -0.1) is 0 Å². The monoisotopic (exact) mass is 1340 g/mol. The molecule has 0 radical (unpaired) electrons. The molecule has 0 aliphatic rings. The maximum Gasteiger partial charge on any atom is 0.361 e. The van der Waals surface area contributed by atoms with Gasteiger partial charge in [0, 0.05) is 12.8 Å². The Bertz CT molecular complexity index is 1610. The summed E-state index contributed by atoms with van der Waals surface area (Å²) in [6.07, 6.45) is 96.5. The van der Waals surface area contributed by atoms with Gasteiger partial charge in [-0.3, -0.25) is 9.59 Å². The van der Waals surface area contributed by atoms with Gasteiger partial charge in [0.05, 0.1) is 34.4 Å². The number of carbonyl (C=O) groups excluding carboxylic acids is 2. The van der Waals surface area contributed by atoms with Crippen LogP contribution in [0.3, 0.4) is 0 Å². The minimum atomic E-state index is -1.51. The van der Waals surface area contributed by atoms with Gasteiger partial charge in [-0.2, -0.15) is 0 Å². The molecule has 0 aromatic heterocycles. The highest BCUT2D eigenvalue weighted by molar-refractivity contribution is 5.71. The number of hydrogen-bond acceptors (Lipinski definition) is 7. The smallest absolute Gasteiger partial charge is 0.361 e. The van der Waals surface area contributed by atoms with E-state index in [0.29, 0.717) is 17.4 Å². The number of nitrogens with zero attached hydrogens (tertiary/aromatic N) is 1. The van der Waals surface area contributed by atoms with Crippen molar-refractivity contribution in [3.8, 4) is 0 Å². The summed E-state index contributed by atoms with van der Waals surface area (Å²) in [5, 5.41) is 9.78. The van der Waals surface area contributed by atoms with Gasteiger partial charge in [-0.25, -0.2) is 4.79 Å². The first kappa shape index (κ1) is 92.8. The van der Waals surface area contributed by atoms with Gasteiger partial charge in [0.15, 0.2) is 6.10 Å². The summed E-state index contributed by atoms with van der Waals surface area (Å²) in [7, 11) is 6.00. The Kier molecular flexibility index (Phi) is 75.7. The van der Waals surface area contributed by atoms with Crippen molar-refractivity contribution in [2.75, 3.05) is 47.5 Å². The van der Waals surface area contributed by atoms with Crippen LogP contribution in [0.1, 0.15) is 450 Å². The molecule has 0 saturated heterocycles. The number of hydrogen-bond donors (Lipinski definition) is 1. The van der Waals surface area contributed by atoms with E-state index in [1.165, 1.54) is 379 Å². The summed E-state index contributed by atoms with van der Waals surface area (Å²) < 4.78 is 23.1. The first-order valence-corrected chi connectivity index (χ1v) is 42.5. The average molecular weight is 1340 g/mol. The highest BCUT2D eigenvalue weighted by Crippen LogP contribution is 2.21. The Morgan fingerprint density at radius 3 is 0.832 bits per heavy atom. The van der Waals surface area contributed by atoms with Crippen molar-refractivity contribution in [3.05, 3.63) is 24.3 Å². The summed E-state index contributed by atoms with van der Waals surface area (Å²) in [4.78, 5) is 37.8. The Labute approximate surface area is 592 Å². The van der Waals surface area contributed by atoms with Crippen LogP contribution in [-0.4, -0.2) is 87.4 Å². The van der Waals surface area contributed by atoms with Crippen molar-refractivity contribution in [1.29, 1.82) is 0 Å². The number of rotatable bonds is 81. The third-order valence-corrected chi connectivity index (χ3v) is 19.7. The molecular weight excluding hydrogens is 1170 g/mol. The standard InChI is InChI=1S/C86H165NO8/c1-6-8-10-12-14-16-18-20-22-24-26-28-30-32-34-36-38-39-40-41-42-43-44-45-47-48-50-52-54-56-58-60-62-64-66-68-70-72-74-76-83(88)93-80-82(81-94-86(85(90)91)92-79-78-87(3,4)5)95-84(89)77-75-73-71-69-67-65-63-61-59-57-55-53-51-49-46-37-35-33-31-29-27-25-23-21-19-17-15-13-11-9-7-2/h19,21,25,27,82,86H,6-18,20,22-24,26,28-81H2,1-5H3/p+1/b21-19-,27-25-. The normalized spacial score (nSPS) is 12.6. The quantitative estimate of drug-likeness (QED) is 0.0211. The number of unbranched alkanes of at least 4 members (excludes halogenated alkanes) is 62. The van der Waals surface area contributed by atoms with E-state index in [0.717, 1.165) is 44.9 Å². The van der Waals surface area contributed by atoms with Crippen molar-refractivity contribution in [1.82, 2.24) is 0 Å². The molecule has 0 aromatic carbocycles. The number of esters is 2. The van der Waals surface area contributed by atoms with Crippen LogP contribution in [0, 0.1) is 0 Å². The molecule has 2 atom stereocenters. The zero-order chi connectivity index (χ0) is 69.0. The largest absolute Gasteiger partial charge is 0.477 e. The maximum atomic E-state index is 13.0. The molecular formula is C86H166NO8+. The molecule has 0 saturated carbocycles. The van der Waals surface area contributed by atoms with Crippen molar-refractivity contribution in [2.24, 2.45) is 0 Å². The van der Waals surface area contributed by atoms with Crippen LogP contribution in [0.25, 0.3) is 0 Å².